The number of para-hydroxylation sites is 2. The number of aromatic nitrogens is 2. The monoisotopic (exact) mass is 303 g/mol. The summed E-state index contributed by atoms with van der Waals surface area (Å²) in [7, 11) is 0. The van der Waals surface area contributed by atoms with Crippen molar-refractivity contribution in [2.24, 2.45) is 0 Å². The molecular formula is C14H13N3O3S. The predicted molar refractivity (Wildman–Crippen MR) is 82.4 cm³/mol. The second-order valence-electron chi connectivity index (χ2n) is 4.17. The molecule has 1 aromatic carbocycles. The van der Waals surface area contributed by atoms with E-state index < -0.39 is 4.92 Å². The van der Waals surface area contributed by atoms with Gasteiger partial charge < -0.3 is 0 Å². The van der Waals surface area contributed by atoms with E-state index in [-0.39, 0.29) is 10.8 Å². The first-order valence-electron chi connectivity index (χ1n) is 6.16. The standard InChI is InChI=1S/C14H13N3O3S/c1-11(18)21-8-4-5-12-9-15-16(10-12)13-6-2-3-7-14(13)17(19)20/h2-7,9-10H,8H2,1H3. The van der Waals surface area contributed by atoms with Gasteiger partial charge in [-0.1, -0.05) is 36.0 Å². The molecule has 1 aromatic heterocycles. The molecule has 0 aliphatic heterocycles. The number of rotatable bonds is 5. The van der Waals surface area contributed by atoms with Gasteiger partial charge in [-0.05, 0) is 6.07 Å². The quantitative estimate of drug-likeness (QED) is 0.626. The van der Waals surface area contributed by atoms with Crippen LogP contribution < -0.4 is 0 Å². The summed E-state index contributed by atoms with van der Waals surface area (Å²) >= 11 is 1.22. The highest BCUT2D eigenvalue weighted by molar-refractivity contribution is 8.13. The molecular weight excluding hydrogens is 290 g/mol. The third-order valence-electron chi connectivity index (χ3n) is 2.62. The summed E-state index contributed by atoms with van der Waals surface area (Å²) in [5.41, 5.74) is 1.24. The lowest BCUT2D eigenvalue weighted by Crippen LogP contribution is -1.99. The van der Waals surface area contributed by atoms with E-state index in [0.29, 0.717) is 11.4 Å². The SMILES string of the molecule is CC(=O)SCC=Cc1cnn(-c2ccccc2[N+](=O)[O-])c1. The molecule has 7 heteroatoms. The van der Waals surface area contributed by atoms with Gasteiger partial charge in [-0.15, -0.1) is 0 Å². The third-order valence-corrected chi connectivity index (χ3v) is 3.39. The number of benzene rings is 1. The minimum absolute atomic E-state index is 0.00302. The molecule has 0 unspecified atom stereocenters. The first kappa shape index (κ1) is 15.0. The van der Waals surface area contributed by atoms with Gasteiger partial charge in [0, 0.05) is 30.5 Å². The van der Waals surface area contributed by atoms with Crippen LogP contribution in [0, 0.1) is 10.1 Å². The van der Waals surface area contributed by atoms with E-state index in [2.05, 4.69) is 5.10 Å². The van der Waals surface area contributed by atoms with Crippen LogP contribution in [0.2, 0.25) is 0 Å². The zero-order valence-corrected chi connectivity index (χ0v) is 12.1. The Bertz CT molecular complexity index is 694. The molecule has 2 rings (SSSR count). The molecule has 0 saturated carbocycles. The van der Waals surface area contributed by atoms with Crippen molar-refractivity contribution in [1.82, 2.24) is 9.78 Å². The number of thioether (sulfide) groups is 1. The lowest BCUT2D eigenvalue weighted by molar-refractivity contribution is -0.384. The Morgan fingerprint density at radius 2 is 2.24 bits per heavy atom. The molecule has 6 nitrogen and oxygen atoms in total. The molecule has 0 atom stereocenters. The second-order valence-corrected chi connectivity index (χ2v) is 5.37. The second kappa shape index (κ2) is 6.85. The van der Waals surface area contributed by atoms with Gasteiger partial charge in [-0.25, -0.2) is 4.68 Å². The van der Waals surface area contributed by atoms with Crippen molar-refractivity contribution in [3.05, 3.63) is 58.4 Å². The summed E-state index contributed by atoms with van der Waals surface area (Å²) in [5.74, 6) is 0.589. The Labute approximate surface area is 125 Å². The van der Waals surface area contributed by atoms with Crippen molar-refractivity contribution in [1.29, 1.82) is 0 Å². The summed E-state index contributed by atoms with van der Waals surface area (Å²) < 4.78 is 1.47. The molecule has 0 N–H and O–H groups in total. The Morgan fingerprint density at radius 3 is 2.95 bits per heavy atom. The van der Waals surface area contributed by atoms with Crippen LogP contribution in [0.25, 0.3) is 11.8 Å². The van der Waals surface area contributed by atoms with Crippen LogP contribution in [0.15, 0.2) is 42.7 Å². The van der Waals surface area contributed by atoms with Gasteiger partial charge >= 0.3 is 0 Å². The zero-order valence-electron chi connectivity index (χ0n) is 11.3. The summed E-state index contributed by atoms with van der Waals surface area (Å²) in [6, 6.07) is 6.42. The molecule has 0 fully saturated rings. The zero-order chi connectivity index (χ0) is 15.2. The fourth-order valence-electron chi connectivity index (χ4n) is 1.72. The van der Waals surface area contributed by atoms with Gasteiger partial charge in [-0.2, -0.15) is 5.10 Å². The van der Waals surface area contributed by atoms with Crippen molar-refractivity contribution in [2.75, 3.05) is 5.75 Å². The minimum atomic E-state index is -0.434. The highest BCUT2D eigenvalue weighted by Gasteiger charge is 2.14. The maximum atomic E-state index is 11.0. The van der Waals surface area contributed by atoms with E-state index in [4.69, 9.17) is 0 Å². The molecule has 108 valence electrons. The maximum Gasteiger partial charge on any atom is 0.294 e. The van der Waals surface area contributed by atoms with Gasteiger partial charge in [0.1, 0.15) is 5.69 Å². The van der Waals surface area contributed by atoms with Crippen LogP contribution in [0.3, 0.4) is 0 Å². The van der Waals surface area contributed by atoms with Crippen LogP contribution in [0.5, 0.6) is 0 Å². The lowest BCUT2D eigenvalue weighted by atomic mass is 10.2. The number of carbonyl (C=O) groups is 1. The smallest absolute Gasteiger partial charge is 0.288 e. The largest absolute Gasteiger partial charge is 0.294 e. The van der Waals surface area contributed by atoms with Gasteiger partial charge in [0.25, 0.3) is 5.69 Å². The van der Waals surface area contributed by atoms with Crippen molar-refractivity contribution >= 4 is 28.6 Å². The summed E-state index contributed by atoms with van der Waals surface area (Å²) in [5, 5.41) is 15.2. The number of nitrogens with zero attached hydrogens (tertiary/aromatic N) is 3. The van der Waals surface area contributed by atoms with Crippen LogP contribution in [-0.2, 0) is 4.79 Å². The fourth-order valence-corrected chi connectivity index (χ4v) is 2.14. The van der Waals surface area contributed by atoms with Crippen molar-refractivity contribution in [3.8, 4) is 5.69 Å². The summed E-state index contributed by atoms with van der Waals surface area (Å²) in [6.45, 7) is 1.52. The molecule has 0 saturated heterocycles. The van der Waals surface area contributed by atoms with Crippen molar-refractivity contribution in [2.45, 2.75) is 6.92 Å². The average Bonchev–Trinajstić information content (AvgIpc) is 2.92. The van der Waals surface area contributed by atoms with E-state index in [0.717, 1.165) is 5.56 Å². The predicted octanol–water partition coefficient (Wildman–Crippen LogP) is 3.07. The number of carbonyl (C=O) groups excluding carboxylic acids is 1. The first-order chi connectivity index (χ1) is 10.1. The van der Waals surface area contributed by atoms with Gasteiger partial charge in [0.05, 0.1) is 11.1 Å². The summed E-state index contributed by atoms with van der Waals surface area (Å²) in [4.78, 5) is 21.4. The topological polar surface area (TPSA) is 78.0 Å². The van der Waals surface area contributed by atoms with Crippen LogP contribution in [0.1, 0.15) is 12.5 Å². The number of nitro groups is 1. The van der Waals surface area contributed by atoms with E-state index in [9.17, 15) is 14.9 Å². The fraction of sp³-hybridized carbons (Fsp3) is 0.143. The molecule has 0 amide bonds. The number of nitro benzene ring substituents is 1. The van der Waals surface area contributed by atoms with Crippen molar-refractivity contribution in [3.63, 3.8) is 0 Å². The van der Waals surface area contributed by atoms with Crippen LogP contribution >= 0.6 is 11.8 Å². The van der Waals surface area contributed by atoms with Crippen LogP contribution in [0.4, 0.5) is 5.69 Å². The summed E-state index contributed by atoms with van der Waals surface area (Å²) in [6.07, 6.45) is 7.00. The van der Waals surface area contributed by atoms with Gasteiger partial charge in [0.2, 0.25) is 0 Å². The molecule has 0 bridgehead atoms. The average molecular weight is 303 g/mol. The molecule has 21 heavy (non-hydrogen) atoms. The maximum absolute atomic E-state index is 11.0. The normalized spacial score (nSPS) is 10.9. The molecule has 2 aromatic rings. The molecule has 0 aliphatic carbocycles. The lowest BCUT2D eigenvalue weighted by Gasteiger charge is -2.01. The van der Waals surface area contributed by atoms with Crippen LogP contribution in [-0.4, -0.2) is 25.6 Å². The highest BCUT2D eigenvalue weighted by atomic mass is 32.2. The minimum Gasteiger partial charge on any atom is -0.288 e. The number of hydrogen-bond donors (Lipinski definition) is 0. The molecule has 1 heterocycles. The first-order valence-corrected chi connectivity index (χ1v) is 7.15. The third kappa shape index (κ3) is 4.03. The molecule has 0 spiro atoms. The molecule has 0 radical (unpaired) electrons. The molecule has 0 aliphatic rings. The van der Waals surface area contributed by atoms with Gasteiger partial charge in [-0.3, -0.25) is 14.9 Å². The van der Waals surface area contributed by atoms with Gasteiger partial charge in [0.15, 0.2) is 5.12 Å². The Morgan fingerprint density at radius 1 is 1.48 bits per heavy atom. The van der Waals surface area contributed by atoms with Crippen molar-refractivity contribution < 1.29 is 9.72 Å². The van der Waals surface area contributed by atoms with E-state index in [1.54, 1.807) is 30.6 Å². The Balaban J connectivity index is 2.17. The number of hydrogen-bond acceptors (Lipinski definition) is 5. The highest BCUT2D eigenvalue weighted by Crippen LogP contribution is 2.21. The van der Waals surface area contributed by atoms with E-state index >= 15 is 0 Å². The Hall–Kier alpha value is -2.41. The Kier molecular flexibility index (Phi) is 4.89. The van der Waals surface area contributed by atoms with E-state index in [1.807, 2.05) is 12.2 Å². The van der Waals surface area contributed by atoms with E-state index in [1.165, 1.54) is 29.4 Å².